The van der Waals surface area contributed by atoms with Crippen LogP contribution in [0.4, 0.5) is 0 Å². The molecule has 0 aliphatic heterocycles. The summed E-state index contributed by atoms with van der Waals surface area (Å²) < 4.78 is 0. The van der Waals surface area contributed by atoms with Gasteiger partial charge in [0.1, 0.15) is 5.75 Å². The summed E-state index contributed by atoms with van der Waals surface area (Å²) in [7, 11) is 0. The second-order valence-electron chi connectivity index (χ2n) is 8.78. The van der Waals surface area contributed by atoms with Crippen molar-refractivity contribution < 1.29 is 10.2 Å². The molecule has 30 heavy (non-hydrogen) atoms. The number of aromatic hydroxyl groups is 1. The molecule has 0 unspecified atom stereocenters. The van der Waals surface area contributed by atoms with Crippen molar-refractivity contribution in [3.05, 3.63) is 78.4 Å². The Morgan fingerprint density at radius 2 is 1.50 bits per heavy atom. The molecule has 0 saturated heterocycles. The SMILES string of the molecule is CC(C)(C)[C@@H](CO)N=Cc1cc2ccccc2c(-c2cccc3ccccc23)c1O. The van der Waals surface area contributed by atoms with Crippen LogP contribution in [0, 0.1) is 5.41 Å². The van der Waals surface area contributed by atoms with Gasteiger partial charge < -0.3 is 10.2 Å². The molecular weight excluding hydrogens is 370 g/mol. The van der Waals surface area contributed by atoms with E-state index in [0.717, 1.165) is 32.7 Å². The van der Waals surface area contributed by atoms with Crippen molar-refractivity contribution in [1.82, 2.24) is 0 Å². The lowest BCUT2D eigenvalue weighted by Crippen LogP contribution is -2.28. The molecule has 0 saturated carbocycles. The molecule has 2 N–H and O–H groups in total. The van der Waals surface area contributed by atoms with E-state index in [4.69, 9.17) is 0 Å². The quantitative estimate of drug-likeness (QED) is 0.403. The number of phenolic OH excluding ortho intramolecular Hbond substituents is 1. The highest BCUT2D eigenvalue weighted by Gasteiger charge is 2.23. The molecule has 4 aromatic carbocycles. The Balaban J connectivity index is 1.97. The first-order chi connectivity index (χ1) is 14.4. The van der Waals surface area contributed by atoms with E-state index in [1.165, 1.54) is 0 Å². The van der Waals surface area contributed by atoms with Crippen molar-refractivity contribution in [3.63, 3.8) is 0 Å². The van der Waals surface area contributed by atoms with Gasteiger partial charge in [0.05, 0.1) is 12.6 Å². The van der Waals surface area contributed by atoms with Gasteiger partial charge in [-0.15, -0.1) is 0 Å². The highest BCUT2D eigenvalue weighted by molar-refractivity contribution is 6.10. The van der Waals surface area contributed by atoms with E-state index in [9.17, 15) is 10.2 Å². The van der Waals surface area contributed by atoms with Gasteiger partial charge in [-0.3, -0.25) is 4.99 Å². The van der Waals surface area contributed by atoms with Crippen LogP contribution < -0.4 is 0 Å². The number of fused-ring (bicyclic) bond motifs is 2. The van der Waals surface area contributed by atoms with Crippen LogP contribution in [0.1, 0.15) is 26.3 Å². The van der Waals surface area contributed by atoms with Gasteiger partial charge >= 0.3 is 0 Å². The average Bonchev–Trinajstić information content (AvgIpc) is 2.73. The smallest absolute Gasteiger partial charge is 0.132 e. The normalized spacial score (nSPS) is 13.3. The Morgan fingerprint density at radius 3 is 2.20 bits per heavy atom. The van der Waals surface area contributed by atoms with Crippen LogP contribution in [0.3, 0.4) is 0 Å². The van der Waals surface area contributed by atoms with Gasteiger partial charge in [0, 0.05) is 17.3 Å². The van der Waals surface area contributed by atoms with Crippen LogP contribution in [-0.4, -0.2) is 29.1 Å². The number of aliphatic imine (C=N–C) groups is 1. The first kappa shape index (κ1) is 20.1. The number of rotatable bonds is 4. The molecule has 0 aliphatic carbocycles. The van der Waals surface area contributed by atoms with E-state index in [1.54, 1.807) is 6.21 Å². The Bertz CT molecular complexity index is 1230. The summed E-state index contributed by atoms with van der Waals surface area (Å²) in [5, 5.41) is 25.4. The summed E-state index contributed by atoms with van der Waals surface area (Å²) in [6, 6.07) is 24.2. The van der Waals surface area contributed by atoms with Gasteiger partial charge in [0.2, 0.25) is 0 Å². The molecule has 4 aromatic rings. The number of hydrogen-bond acceptors (Lipinski definition) is 3. The molecule has 1 atom stereocenters. The Hall–Kier alpha value is -3.17. The van der Waals surface area contributed by atoms with Crippen LogP contribution in [0.2, 0.25) is 0 Å². The van der Waals surface area contributed by atoms with E-state index >= 15 is 0 Å². The van der Waals surface area contributed by atoms with Gasteiger partial charge in [0.25, 0.3) is 0 Å². The Kier molecular flexibility index (Phi) is 5.31. The van der Waals surface area contributed by atoms with Crippen LogP contribution in [0.5, 0.6) is 5.75 Å². The number of phenols is 1. The predicted octanol–water partition coefficient (Wildman–Crippen LogP) is 6.19. The minimum Gasteiger partial charge on any atom is -0.507 e. The van der Waals surface area contributed by atoms with Crippen molar-refractivity contribution in [3.8, 4) is 16.9 Å². The van der Waals surface area contributed by atoms with E-state index in [1.807, 2.05) is 69.3 Å². The number of hydrogen-bond donors (Lipinski definition) is 2. The molecular formula is C27H27NO2. The third-order valence-electron chi connectivity index (χ3n) is 5.68. The Labute approximate surface area is 177 Å². The van der Waals surface area contributed by atoms with Gasteiger partial charge in [-0.1, -0.05) is 87.5 Å². The maximum absolute atomic E-state index is 11.3. The summed E-state index contributed by atoms with van der Waals surface area (Å²) in [5.41, 5.74) is 2.28. The first-order valence-electron chi connectivity index (χ1n) is 10.3. The molecule has 0 spiro atoms. The first-order valence-corrected chi connectivity index (χ1v) is 10.3. The zero-order chi connectivity index (χ0) is 21.3. The van der Waals surface area contributed by atoms with Crippen molar-refractivity contribution in [2.75, 3.05) is 6.61 Å². The minimum absolute atomic E-state index is 0.0372. The monoisotopic (exact) mass is 397 g/mol. The second kappa shape index (κ2) is 7.92. The van der Waals surface area contributed by atoms with Gasteiger partial charge in [-0.2, -0.15) is 0 Å². The van der Waals surface area contributed by atoms with Crippen molar-refractivity contribution in [1.29, 1.82) is 0 Å². The molecule has 0 aliphatic rings. The molecule has 3 heteroatoms. The van der Waals surface area contributed by atoms with Crippen LogP contribution >= 0.6 is 0 Å². The zero-order valence-corrected chi connectivity index (χ0v) is 17.6. The standard InChI is InChI=1S/C27H27NO2/c1-27(2,3)24(17-29)28-16-20-15-19-10-5-7-13-22(19)25(26(20)30)23-14-8-11-18-9-4-6-12-21(18)23/h4-16,24,29-30H,17H2,1-3H3/t24-/m1/s1. The van der Waals surface area contributed by atoms with Crippen molar-refractivity contribution in [2.45, 2.75) is 26.8 Å². The van der Waals surface area contributed by atoms with Crippen molar-refractivity contribution in [2.24, 2.45) is 10.4 Å². The summed E-state index contributed by atoms with van der Waals surface area (Å²) in [4.78, 5) is 4.61. The van der Waals surface area contributed by atoms with Gasteiger partial charge in [-0.05, 0) is 38.6 Å². The Morgan fingerprint density at radius 1 is 0.867 bits per heavy atom. The third-order valence-corrected chi connectivity index (χ3v) is 5.68. The summed E-state index contributed by atoms with van der Waals surface area (Å²) in [6.45, 7) is 6.11. The topological polar surface area (TPSA) is 52.8 Å². The lowest BCUT2D eigenvalue weighted by atomic mass is 9.87. The van der Waals surface area contributed by atoms with Crippen LogP contribution in [-0.2, 0) is 0 Å². The number of aliphatic hydroxyl groups is 1. The molecule has 0 aromatic heterocycles. The molecule has 0 radical (unpaired) electrons. The highest BCUT2D eigenvalue weighted by atomic mass is 16.3. The van der Waals surface area contributed by atoms with Crippen LogP contribution in [0.25, 0.3) is 32.7 Å². The van der Waals surface area contributed by atoms with Gasteiger partial charge in [0.15, 0.2) is 0 Å². The van der Waals surface area contributed by atoms with E-state index < -0.39 is 0 Å². The fourth-order valence-electron chi connectivity index (χ4n) is 3.89. The fourth-order valence-corrected chi connectivity index (χ4v) is 3.89. The summed E-state index contributed by atoms with van der Waals surface area (Å²) in [6.07, 6.45) is 1.70. The molecule has 152 valence electrons. The third kappa shape index (κ3) is 3.69. The number of aliphatic hydroxyl groups excluding tert-OH is 1. The molecule has 0 amide bonds. The molecule has 4 rings (SSSR count). The maximum Gasteiger partial charge on any atom is 0.132 e. The largest absolute Gasteiger partial charge is 0.507 e. The van der Waals surface area contributed by atoms with Gasteiger partial charge in [-0.25, -0.2) is 0 Å². The molecule has 0 heterocycles. The predicted molar refractivity (Wildman–Crippen MR) is 126 cm³/mol. The lowest BCUT2D eigenvalue weighted by Gasteiger charge is -2.25. The second-order valence-corrected chi connectivity index (χ2v) is 8.78. The number of benzene rings is 4. The number of nitrogens with zero attached hydrogens (tertiary/aromatic N) is 1. The lowest BCUT2D eigenvalue weighted by molar-refractivity contribution is 0.191. The fraction of sp³-hybridized carbons (Fsp3) is 0.222. The molecule has 0 fully saturated rings. The zero-order valence-electron chi connectivity index (χ0n) is 17.6. The summed E-state index contributed by atoms with van der Waals surface area (Å²) >= 11 is 0. The van der Waals surface area contributed by atoms with E-state index in [0.29, 0.717) is 5.56 Å². The van der Waals surface area contributed by atoms with Crippen LogP contribution in [0.15, 0.2) is 77.8 Å². The maximum atomic E-state index is 11.3. The minimum atomic E-state index is -0.246. The molecule has 0 bridgehead atoms. The molecule has 3 nitrogen and oxygen atoms in total. The highest BCUT2D eigenvalue weighted by Crippen LogP contribution is 2.41. The van der Waals surface area contributed by atoms with Crippen molar-refractivity contribution >= 4 is 27.8 Å². The summed E-state index contributed by atoms with van der Waals surface area (Å²) in [5.74, 6) is 0.208. The average molecular weight is 398 g/mol. The van der Waals surface area contributed by atoms with E-state index in [-0.39, 0.29) is 23.8 Å². The van der Waals surface area contributed by atoms with E-state index in [2.05, 4.69) is 29.3 Å².